The van der Waals surface area contributed by atoms with Gasteiger partial charge in [0, 0.05) is 10.6 Å². The van der Waals surface area contributed by atoms with E-state index >= 15 is 0 Å². The molecule has 3 rings (SSSR count). The van der Waals surface area contributed by atoms with Crippen LogP contribution in [0.25, 0.3) is 0 Å². The van der Waals surface area contributed by atoms with Gasteiger partial charge in [0.15, 0.2) is 0 Å². The molecule has 1 aliphatic carbocycles. The minimum absolute atomic E-state index is 0.515. The molecule has 1 aliphatic heterocycles. The second-order valence-electron chi connectivity index (χ2n) is 7.44. The first kappa shape index (κ1) is 14.5. The Morgan fingerprint density at radius 3 is 2.85 bits per heavy atom. The largest absolute Gasteiger partial charge is 0.330 e. The van der Waals surface area contributed by atoms with E-state index in [2.05, 4.69) is 38.1 Å². The highest BCUT2D eigenvalue weighted by Crippen LogP contribution is 2.48. The van der Waals surface area contributed by atoms with Crippen LogP contribution in [-0.2, 0) is 0 Å². The van der Waals surface area contributed by atoms with Crippen molar-refractivity contribution in [3.05, 3.63) is 29.8 Å². The molecule has 3 unspecified atom stereocenters. The highest BCUT2D eigenvalue weighted by atomic mass is 32.2. The molecule has 1 aromatic rings. The van der Waals surface area contributed by atoms with Crippen molar-refractivity contribution in [1.82, 2.24) is 0 Å². The van der Waals surface area contributed by atoms with Gasteiger partial charge in [-0.2, -0.15) is 0 Å². The van der Waals surface area contributed by atoms with Crippen molar-refractivity contribution in [2.75, 3.05) is 12.3 Å². The molecule has 1 aromatic carbocycles. The van der Waals surface area contributed by atoms with Gasteiger partial charge in [-0.05, 0) is 67.0 Å². The molecular weight excluding hydrogens is 262 g/mol. The Morgan fingerprint density at radius 1 is 1.25 bits per heavy atom. The van der Waals surface area contributed by atoms with Crippen LogP contribution in [0.3, 0.4) is 0 Å². The first-order chi connectivity index (χ1) is 9.59. The average Bonchev–Trinajstić information content (AvgIpc) is 2.82. The Kier molecular flexibility index (Phi) is 4.14. The van der Waals surface area contributed by atoms with E-state index in [0.29, 0.717) is 5.41 Å². The Labute approximate surface area is 127 Å². The van der Waals surface area contributed by atoms with E-state index in [9.17, 15) is 0 Å². The Bertz CT molecular complexity index is 468. The first-order valence-electron chi connectivity index (χ1n) is 8.01. The molecule has 0 radical (unpaired) electrons. The lowest BCUT2D eigenvalue weighted by molar-refractivity contribution is 0.111. The highest BCUT2D eigenvalue weighted by molar-refractivity contribution is 7.99. The molecule has 0 amide bonds. The van der Waals surface area contributed by atoms with Gasteiger partial charge < -0.3 is 5.73 Å². The van der Waals surface area contributed by atoms with Crippen LogP contribution in [0.1, 0.15) is 51.0 Å². The number of hydrogen-bond acceptors (Lipinski definition) is 2. The molecule has 2 N–H and O–H groups in total. The molecule has 0 aromatic heterocycles. The summed E-state index contributed by atoms with van der Waals surface area (Å²) in [6.45, 7) is 5.75. The third kappa shape index (κ3) is 2.92. The fourth-order valence-corrected chi connectivity index (χ4v) is 5.44. The second-order valence-corrected chi connectivity index (χ2v) is 8.51. The monoisotopic (exact) mass is 289 g/mol. The molecule has 2 heteroatoms. The summed E-state index contributed by atoms with van der Waals surface area (Å²) in [4.78, 5) is 1.51. The summed E-state index contributed by atoms with van der Waals surface area (Å²) in [5, 5.41) is 0. The molecule has 1 saturated carbocycles. The van der Waals surface area contributed by atoms with Crippen LogP contribution in [0.15, 0.2) is 29.2 Å². The van der Waals surface area contributed by atoms with Gasteiger partial charge in [-0.25, -0.2) is 0 Å². The summed E-state index contributed by atoms with van der Waals surface area (Å²) in [5.41, 5.74) is 8.16. The van der Waals surface area contributed by atoms with Crippen LogP contribution in [0.4, 0.5) is 0 Å². The van der Waals surface area contributed by atoms with Crippen molar-refractivity contribution < 1.29 is 0 Å². The van der Waals surface area contributed by atoms with Crippen molar-refractivity contribution in [2.45, 2.75) is 50.3 Å². The van der Waals surface area contributed by atoms with Crippen LogP contribution in [0.2, 0.25) is 0 Å². The number of hydrogen-bond donors (Lipinski definition) is 1. The fraction of sp³-hybridized carbons (Fsp3) is 0.667. The maximum Gasteiger partial charge on any atom is 0.0107 e. The van der Waals surface area contributed by atoms with Crippen LogP contribution in [0.5, 0.6) is 0 Å². The standard InChI is InChI=1S/C18H27NS/c1-18(2)8-7-13(11-19)14(10-18)9-15-12-20-17-6-4-3-5-16(15)17/h3-6,13-15H,7-12,19H2,1-2H3. The summed E-state index contributed by atoms with van der Waals surface area (Å²) in [6, 6.07) is 8.99. The lowest BCUT2D eigenvalue weighted by atomic mass is 9.65. The van der Waals surface area contributed by atoms with Crippen LogP contribution >= 0.6 is 11.8 Å². The van der Waals surface area contributed by atoms with E-state index in [1.807, 2.05) is 11.8 Å². The van der Waals surface area contributed by atoms with Crippen molar-refractivity contribution in [1.29, 1.82) is 0 Å². The number of benzene rings is 1. The topological polar surface area (TPSA) is 26.0 Å². The van der Waals surface area contributed by atoms with Crippen LogP contribution in [-0.4, -0.2) is 12.3 Å². The summed E-state index contributed by atoms with van der Waals surface area (Å²) in [7, 11) is 0. The highest BCUT2D eigenvalue weighted by Gasteiger charge is 2.36. The molecule has 3 atom stereocenters. The van der Waals surface area contributed by atoms with Crippen LogP contribution in [0, 0.1) is 17.3 Å². The molecule has 2 aliphatic rings. The maximum atomic E-state index is 6.05. The molecule has 0 saturated heterocycles. The van der Waals surface area contributed by atoms with E-state index in [1.165, 1.54) is 36.3 Å². The Morgan fingerprint density at radius 2 is 2.05 bits per heavy atom. The van der Waals surface area contributed by atoms with Gasteiger partial charge in [-0.15, -0.1) is 11.8 Å². The second kappa shape index (κ2) is 5.73. The van der Waals surface area contributed by atoms with E-state index in [4.69, 9.17) is 5.73 Å². The molecule has 1 fully saturated rings. The summed E-state index contributed by atoms with van der Waals surface area (Å²) >= 11 is 2.04. The van der Waals surface area contributed by atoms with Crippen molar-refractivity contribution in [3.63, 3.8) is 0 Å². The number of fused-ring (bicyclic) bond motifs is 1. The zero-order valence-electron chi connectivity index (χ0n) is 12.8. The summed E-state index contributed by atoms with van der Waals surface area (Å²) in [5.74, 6) is 3.60. The minimum atomic E-state index is 0.515. The molecule has 0 bridgehead atoms. The molecule has 20 heavy (non-hydrogen) atoms. The molecule has 0 spiro atoms. The quantitative estimate of drug-likeness (QED) is 0.875. The Balaban J connectivity index is 1.73. The van der Waals surface area contributed by atoms with Gasteiger partial charge in [-0.3, -0.25) is 0 Å². The third-order valence-corrected chi connectivity index (χ3v) is 6.61. The predicted molar refractivity (Wildman–Crippen MR) is 88.2 cm³/mol. The first-order valence-corrected chi connectivity index (χ1v) is 8.99. The fourth-order valence-electron chi connectivity index (χ4n) is 4.17. The number of nitrogens with two attached hydrogens (primary N) is 1. The van der Waals surface area contributed by atoms with E-state index in [1.54, 1.807) is 5.56 Å². The Hall–Kier alpha value is -0.470. The lowest BCUT2D eigenvalue weighted by Crippen LogP contribution is -2.34. The maximum absolute atomic E-state index is 6.05. The van der Waals surface area contributed by atoms with Crippen molar-refractivity contribution >= 4 is 11.8 Å². The third-order valence-electron chi connectivity index (χ3n) is 5.36. The normalized spacial score (nSPS) is 32.0. The zero-order chi connectivity index (χ0) is 14.2. The molecular formula is C18H27NS. The minimum Gasteiger partial charge on any atom is -0.330 e. The molecule has 1 heterocycles. The molecule has 110 valence electrons. The summed E-state index contributed by atoms with van der Waals surface area (Å²) in [6.07, 6.45) is 5.38. The van der Waals surface area contributed by atoms with E-state index in [-0.39, 0.29) is 0 Å². The SMILES string of the molecule is CC1(C)CCC(CN)C(CC2CSc3ccccc32)C1. The summed E-state index contributed by atoms with van der Waals surface area (Å²) < 4.78 is 0. The van der Waals surface area contributed by atoms with Crippen LogP contribution < -0.4 is 5.73 Å². The zero-order valence-corrected chi connectivity index (χ0v) is 13.6. The van der Waals surface area contributed by atoms with Gasteiger partial charge in [0.25, 0.3) is 0 Å². The number of rotatable bonds is 3. The number of thioether (sulfide) groups is 1. The van der Waals surface area contributed by atoms with Crippen molar-refractivity contribution in [3.8, 4) is 0 Å². The lowest BCUT2D eigenvalue weighted by Gasteiger charge is -2.41. The predicted octanol–water partition coefficient (Wildman–Crippen LogP) is 4.67. The van der Waals surface area contributed by atoms with Gasteiger partial charge in [0.05, 0.1) is 0 Å². The van der Waals surface area contributed by atoms with E-state index in [0.717, 1.165) is 24.3 Å². The van der Waals surface area contributed by atoms with Gasteiger partial charge in [0.1, 0.15) is 0 Å². The van der Waals surface area contributed by atoms with Crippen molar-refractivity contribution in [2.24, 2.45) is 23.0 Å². The van der Waals surface area contributed by atoms with Gasteiger partial charge in [-0.1, -0.05) is 32.0 Å². The average molecular weight is 289 g/mol. The van der Waals surface area contributed by atoms with Gasteiger partial charge in [0.2, 0.25) is 0 Å². The molecule has 1 nitrogen and oxygen atoms in total. The smallest absolute Gasteiger partial charge is 0.0107 e. The van der Waals surface area contributed by atoms with Gasteiger partial charge >= 0.3 is 0 Å². The van der Waals surface area contributed by atoms with E-state index < -0.39 is 0 Å².